The second kappa shape index (κ2) is 7.69. The Balaban J connectivity index is 0.000000861. The Morgan fingerprint density at radius 3 is 2.37 bits per heavy atom. The normalized spacial score (nSPS) is 9.47. The summed E-state index contributed by atoms with van der Waals surface area (Å²) in [5.74, 6) is -0.00706. The molecule has 0 saturated carbocycles. The van der Waals surface area contributed by atoms with Gasteiger partial charge < -0.3 is 5.32 Å². The molecule has 0 aliphatic carbocycles. The number of hydrogen-bond acceptors (Lipinski definition) is 3. The molecule has 19 heavy (non-hydrogen) atoms. The molecule has 0 saturated heterocycles. The number of carbonyl (C=O) groups excluding carboxylic acids is 1. The van der Waals surface area contributed by atoms with E-state index in [9.17, 15) is 4.79 Å². The lowest BCUT2D eigenvalue weighted by Crippen LogP contribution is -2.18. The molecule has 0 aliphatic heterocycles. The summed E-state index contributed by atoms with van der Waals surface area (Å²) in [5, 5.41) is 2.78. The lowest BCUT2D eigenvalue weighted by atomic mass is 10.1. The number of aryl methyl sites for hydroxylation is 1. The molecule has 102 valence electrons. The van der Waals surface area contributed by atoms with Gasteiger partial charge in [-0.1, -0.05) is 38.1 Å². The first-order chi connectivity index (χ1) is 9.16. The maximum atomic E-state index is 10.8. The van der Waals surface area contributed by atoms with Crippen molar-refractivity contribution >= 4 is 17.2 Å². The monoisotopic (exact) mass is 276 g/mol. The molecular formula is C15H20N2OS. The smallest absolute Gasteiger partial charge is 0.217 e. The number of thiazole rings is 1. The predicted octanol–water partition coefficient (Wildman–Crippen LogP) is 3.78. The van der Waals surface area contributed by atoms with E-state index in [1.165, 1.54) is 17.4 Å². The molecule has 0 fully saturated rings. The van der Waals surface area contributed by atoms with Crippen molar-refractivity contribution in [3.8, 4) is 10.4 Å². The van der Waals surface area contributed by atoms with Crippen LogP contribution in [0.4, 0.5) is 0 Å². The van der Waals surface area contributed by atoms with Gasteiger partial charge in [0.15, 0.2) is 0 Å². The van der Waals surface area contributed by atoms with Crippen LogP contribution in [0, 0.1) is 6.92 Å². The van der Waals surface area contributed by atoms with Crippen molar-refractivity contribution in [3.05, 3.63) is 41.0 Å². The molecule has 0 atom stereocenters. The number of carbonyl (C=O) groups is 1. The highest BCUT2D eigenvalue weighted by Gasteiger charge is 2.04. The molecular weight excluding hydrogens is 256 g/mol. The Morgan fingerprint density at radius 2 is 1.89 bits per heavy atom. The van der Waals surface area contributed by atoms with Crippen molar-refractivity contribution in [2.75, 3.05) is 0 Å². The third-order valence-corrected chi connectivity index (χ3v) is 3.48. The average molecular weight is 276 g/mol. The topological polar surface area (TPSA) is 42.0 Å². The SMILES string of the molecule is CC.CC(=O)NCc1ccc(-c2scnc2C)cc1. The van der Waals surface area contributed by atoms with Gasteiger partial charge in [0.25, 0.3) is 0 Å². The largest absolute Gasteiger partial charge is 0.352 e. The zero-order valence-corrected chi connectivity index (χ0v) is 12.7. The molecule has 2 aromatic rings. The third-order valence-electron chi connectivity index (χ3n) is 2.50. The maximum Gasteiger partial charge on any atom is 0.217 e. The summed E-state index contributed by atoms with van der Waals surface area (Å²) in [6.07, 6.45) is 0. The Morgan fingerprint density at radius 1 is 1.26 bits per heavy atom. The van der Waals surface area contributed by atoms with Gasteiger partial charge in [-0.25, -0.2) is 4.98 Å². The molecule has 0 unspecified atom stereocenters. The number of benzene rings is 1. The highest BCUT2D eigenvalue weighted by molar-refractivity contribution is 7.13. The van der Waals surface area contributed by atoms with Gasteiger partial charge in [-0.3, -0.25) is 4.79 Å². The number of amides is 1. The first kappa shape index (κ1) is 15.4. The fourth-order valence-corrected chi connectivity index (χ4v) is 2.39. The number of aromatic nitrogens is 1. The van der Waals surface area contributed by atoms with Gasteiger partial charge in [-0.2, -0.15) is 0 Å². The molecule has 0 aliphatic rings. The minimum Gasteiger partial charge on any atom is -0.352 e. The minimum absolute atomic E-state index is 0.00706. The van der Waals surface area contributed by atoms with E-state index in [4.69, 9.17) is 0 Å². The molecule has 3 nitrogen and oxygen atoms in total. The van der Waals surface area contributed by atoms with E-state index in [2.05, 4.69) is 22.4 Å². The summed E-state index contributed by atoms with van der Waals surface area (Å²) < 4.78 is 0. The lowest BCUT2D eigenvalue weighted by molar-refractivity contribution is -0.119. The molecule has 2 rings (SSSR count). The second-order valence-electron chi connectivity index (χ2n) is 3.87. The van der Waals surface area contributed by atoms with E-state index in [0.717, 1.165) is 11.3 Å². The van der Waals surface area contributed by atoms with Crippen LogP contribution in [0.2, 0.25) is 0 Å². The van der Waals surface area contributed by atoms with Crippen LogP contribution in [0.5, 0.6) is 0 Å². The molecule has 1 amide bonds. The van der Waals surface area contributed by atoms with Crippen LogP contribution >= 0.6 is 11.3 Å². The maximum absolute atomic E-state index is 10.8. The van der Waals surface area contributed by atoms with Gasteiger partial charge in [0, 0.05) is 13.5 Å². The number of hydrogen-bond donors (Lipinski definition) is 1. The molecule has 0 spiro atoms. The van der Waals surface area contributed by atoms with Gasteiger partial charge in [-0.15, -0.1) is 11.3 Å². The van der Waals surface area contributed by atoms with Gasteiger partial charge in [0.2, 0.25) is 5.91 Å². The van der Waals surface area contributed by atoms with E-state index < -0.39 is 0 Å². The average Bonchev–Trinajstić information content (AvgIpc) is 2.85. The predicted molar refractivity (Wildman–Crippen MR) is 81.2 cm³/mol. The molecule has 4 heteroatoms. The quantitative estimate of drug-likeness (QED) is 0.927. The Hall–Kier alpha value is -1.68. The fraction of sp³-hybridized carbons (Fsp3) is 0.333. The van der Waals surface area contributed by atoms with Gasteiger partial charge in [0.1, 0.15) is 0 Å². The van der Waals surface area contributed by atoms with Crippen LogP contribution in [0.15, 0.2) is 29.8 Å². The van der Waals surface area contributed by atoms with Crippen molar-refractivity contribution in [2.24, 2.45) is 0 Å². The first-order valence-corrected chi connectivity index (χ1v) is 7.28. The number of rotatable bonds is 3. The summed E-state index contributed by atoms with van der Waals surface area (Å²) in [4.78, 5) is 16.2. The van der Waals surface area contributed by atoms with Crippen molar-refractivity contribution in [1.29, 1.82) is 0 Å². The Kier molecular flexibility index (Phi) is 6.22. The summed E-state index contributed by atoms with van der Waals surface area (Å²) >= 11 is 1.65. The fourth-order valence-electron chi connectivity index (χ4n) is 1.58. The van der Waals surface area contributed by atoms with E-state index in [0.29, 0.717) is 6.54 Å². The van der Waals surface area contributed by atoms with Crippen molar-refractivity contribution < 1.29 is 4.79 Å². The minimum atomic E-state index is -0.00706. The van der Waals surface area contributed by atoms with Crippen molar-refractivity contribution in [2.45, 2.75) is 34.2 Å². The van der Waals surface area contributed by atoms with Crippen LogP contribution in [-0.2, 0) is 11.3 Å². The summed E-state index contributed by atoms with van der Waals surface area (Å²) in [5.41, 5.74) is 5.20. The molecule has 0 radical (unpaired) electrons. The first-order valence-electron chi connectivity index (χ1n) is 6.40. The number of nitrogens with one attached hydrogen (secondary N) is 1. The molecule has 1 heterocycles. The van der Waals surface area contributed by atoms with E-state index in [1.807, 2.05) is 38.4 Å². The van der Waals surface area contributed by atoms with Crippen LogP contribution in [0.25, 0.3) is 10.4 Å². The molecule has 0 bridgehead atoms. The second-order valence-corrected chi connectivity index (χ2v) is 4.73. The summed E-state index contributed by atoms with van der Waals surface area (Å²) in [6.45, 7) is 8.11. The Bertz CT molecular complexity index is 517. The summed E-state index contributed by atoms with van der Waals surface area (Å²) in [6, 6.07) is 8.20. The van der Waals surface area contributed by atoms with Crippen molar-refractivity contribution in [1.82, 2.24) is 10.3 Å². The molecule has 1 N–H and O–H groups in total. The highest BCUT2D eigenvalue weighted by atomic mass is 32.1. The van der Waals surface area contributed by atoms with Gasteiger partial charge in [0.05, 0.1) is 16.1 Å². The Labute approximate surface area is 118 Å². The van der Waals surface area contributed by atoms with E-state index in [-0.39, 0.29) is 5.91 Å². The zero-order valence-electron chi connectivity index (χ0n) is 11.9. The summed E-state index contributed by atoms with van der Waals surface area (Å²) in [7, 11) is 0. The van der Waals surface area contributed by atoms with E-state index >= 15 is 0 Å². The van der Waals surface area contributed by atoms with Crippen LogP contribution in [-0.4, -0.2) is 10.9 Å². The lowest BCUT2D eigenvalue weighted by Gasteiger charge is -2.04. The van der Waals surface area contributed by atoms with Gasteiger partial charge in [-0.05, 0) is 18.1 Å². The van der Waals surface area contributed by atoms with Crippen LogP contribution < -0.4 is 5.32 Å². The molecule has 1 aromatic heterocycles. The number of nitrogens with zero attached hydrogens (tertiary/aromatic N) is 1. The van der Waals surface area contributed by atoms with E-state index in [1.54, 1.807) is 11.3 Å². The highest BCUT2D eigenvalue weighted by Crippen LogP contribution is 2.27. The third kappa shape index (κ3) is 4.48. The van der Waals surface area contributed by atoms with Crippen LogP contribution in [0.3, 0.4) is 0 Å². The van der Waals surface area contributed by atoms with Crippen molar-refractivity contribution in [3.63, 3.8) is 0 Å². The van der Waals surface area contributed by atoms with Crippen LogP contribution in [0.1, 0.15) is 32.0 Å². The standard InChI is InChI=1S/C13H14N2OS.C2H6/c1-9-13(17-8-15-9)12-5-3-11(4-6-12)7-14-10(2)16;1-2/h3-6,8H,7H2,1-2H3,(H,14,16);1-2H3. The van der Waals surface area contributed by atoms with Gasteiger partial charge >= 0.3 is 0 Å². The zero-order chi connectivity index (χ0) is 14.3. The molecule has 1 aromatic carbocycles.